The first-order chi connectivity index (χ1) is 13.5. The molecule has 0 bridgehead atoms. The molecule has 2 aliphatic rings. The van der Waals surface area contributed by atoms with E-state index in [0.29, 0.717) is 12.1 Å². The molecule has 28 heavy (non-hydrogen) atoms. The molecule has 7 nitrogen and oxygen atoms in total. The van der Waals surface area contributed by atoms with E-state index >= 15 is 0 Å². The Morgan fingerprint density at radius 1 is 1.11 bits per heavy atom. The summed E-state index contributed by atoms with van der Waals surface area (Å²) in [5.41, 5.74) is 0.259. The SMILES string of the molecule is COc1ccc(N2C3=[N+](CCCCC3)C[C@]2(O)c2ccc([N+](=O)[O-])cc2)cc1. The first kappa shape index (κ1) is 18.4. The molecule has 146 valence electrons. The van der Waals surface area contributed by atoms with Gasteiger partial charge < -0.3 is 9.84 Å². The summed E-state index contributed by atoms with van der Waals surface area (Å²) in [5, 5.41) is 22.8. The van der Waals surface area contributed by atoms with Crippen molar-refractivity contribution in [3.8, 4) is 5.75 Å². The van der Waals surface area contributed by atoms with Gasteiger partial charge >= 0.3 is 0 Å². The highest BCUT2D eigenvalue weighted by Gasteiger charge is 2.54. The second kappa shape index (κ2) is 7.24. The lowest BCUT2D eigenvalue weighted by molar-refractivity contribution is -0.534. The lowest BCUT2D eigenvalue weighted by atomic mass is 9.99. The van der Waals surface area contributed by atoms with Crippen LogP contribution in [-0.2, 0) is 5.72 Å². The van der Waals surface area contributed by atoms with E-state index in [0.717, 1.165) is 43.1 Å². The van der Waals surface area contributed by atoms with Gasteiger partial charge in [-0.25, -0.2) is 0 Å². The molecule has 0 spiro atoms. The Labute approximate surface area is 163 Å². The second-order valence-electron chi connectivity index (χ2n) is 7.30. The molecule has 0 radical (unpaired) electrons. The average molecular weight is 382 g/mol. The Balaban J connectivity index is 1.79. The molecule has 0 unspecified atom stereocenters. The average Bonchev–Trinajstić information content (AvgIpc) is 2.84. The molecule has 4 rings (SSSR count). The number of nitro groups is 1. The fourth-order valence-electron chi connectivity index (χ4n) is 4.19. The molecule has 0 aliphatic carbocycles. The third-order valence-corrected chi connectivity index (χ3v) is 5.60. The van der Waals surface area contributed by atoms with Crippen molar-refractivity contribution >= 4 is 17.2 Å². The Hall–Kier alpha value is -2.93. The van der Waals surface area contributed by atoms with Crippen molar-refractivity contribution < 1.29 is 19.3 Å². The molecule has 0 aromatic heterocycles. The molecule has 1 atom stereocenters. The van der Waals surface area contributed by atoms with Crippen LogP contribution in [0.1, 0.15) is 31.2 Å². The van der Waals surface area contributed by atoms with Crippen LogP contribution in [-0.4, -0.2) is 40.6 Å². The predicted octanol–water partition coefficient (Wildman–Crippen LogP) is 3.25. The van der Waals surface area contributed by atoms with E-state index in [4.69, 9.17) is 4.74 Å². The van der Waals surface area contributed by atoms with Gasteiger partial charge in [0.25, 0.3) is 17.2 Å². The Bertz CT molecular complexity index is 908. The number of hydrogen-bond donors (Lipinski definition) is 1. The molecule has 2 heterocycles. The summed E-state index contributed by atoms with van der Waals surface area (Å²) < 4.78 is 7.52. The zero-order chi connectivity index (χ0) is 19.7. The van der Waals surface area contributed by atoms with Gasteiger partial charge in [0.2, 0.25) is 0 Å². The summed E-state index contributed by atoms with van der Waals surface area (Å²) in [5.74, 6) is 1.85. The number of nitrogens with zero attached hydrogens (tertiary/aromatic N) is 3. The molecule has 2 aromatic carbocycles. The molecular weight excluding hydrogens is 358 g/mol. The minimum absolute atomic E-state index is 0.0171. The van der Waals surface area contributed by atoms with Crippen molar-refractivity contribution in [3.05, 3.63) is 64.2 Å². The van der Waals surface area contributed by atoms with Gasteiger partial charge in [-0.05, 0) is 55.7 Å². The van der Waals surface area contributed by atoms with E-state index in [1.807, 2.05) is 29.2 Å². The van der Waals surface area contributed by atoms with Crippen molar-refractivity contribution in [2.24, 2.45) is 0 Å². The number of nitro benzene ring substituents is 1. The van der Waals surface area contributed by atoms with Crippen molar-refractivity contribution in [2.75, 3.05) is 25.1 Å². The van der Waals surface area contributed by atoms with Gasteiger partial charge in [-0.2, -0.15) is 4.90 Å². The topological polar surface area (TPSA) is 78.8 Å². The third-order valence-electron chi connectivity index (χ3n) is 5.60. The minimum atomic E-state index is -1.28. The summed E-state index contributed by atoms with van der Waals surface area (Å²) in [4.78, 5) is 12.6. The van der Waals surface area contributed by atoms with E-state index in [1.54, 1.807) is 19.2 Å². The molecule has 7 heteroatoms. The van der Waals surface area contributed by atoms with Crippen LogP contribution in [0.5, 0.6) is 5.75 Å². The maximum atomic E-state index is 11.8. The van der Waals surface area contributed by atoms with Gasteiger partial charge in [-0.15, -0.1) is 0 Å². The summed E-state index contributed by atoms with van der Waals surface area (Å²) in [6, 6.07) is 13.9. The summed E-state index contributed by atoms with van der Waals surface area (Å²) in [6.07, 6.45) is 4.23. The number of benzene rings is 2. The lowest BCUT2D eigenvalue weighted by Gasteiger charge is -2.29. The van der Waals surface area contributed by atoms with Crippen molar-refractivity contribution in [2.45, 2.75) is 31.4 Å². The van der Waals surface area contributed by atoms with Crippen molar-refractivity contribution in [1.82, 2.24) is 0 Å². The van der Waals surface area contributed by atoms with Gasteiger partial charge in [0.15, 0.2) is 6.54 Å². The third kappa shape index (κ3) is 3.11. The molecule has 0 saturated heterocycles. The van der Waals surface area contributed by atoms with E-state index < -0.39 is 10.6 Å². The number of ether oxygens (including phenoxy) is 1. The van der Waals surface area contributed by atoms with Crippen molar-refractivity contribution in [1.29, 1.82) is 0 Å². The van der Waals surface area contributed by atoms with E-state index in [2.05, 4.69) is 4.58 Å². The van der Waals surface area contributed by atoms with E-state index in [-0.39, 0.29) is 5.69 Å². The fourth-order valence-corrected chi connectivity index (χ4v) is 4.19. The van der Waals surface area contributed by atoms with Crippen LogP contribution in [0, 0.1) is 10.1 Å². The highest BCUT2D eigenvalue weighted by molar-refractivity contribution is 5.97. The summed E-state index contributed by atoms with van der Waals surface area (Å²) in [6.45, 7) is 1.34. The van der Waals surface area contributed by atoms with Gasteiger partial charge in [-0.3, -0.25) is 14.7 Å². The maximum absolute atomic E-state index is 11.8. The van der Waals surface area contributed by atoms with Crippen LogP contribution < -0.4 is 9.64 Å². The van der Waals surface area contributed by atoms with Crippen molar-refractivity contribution in [3.63, 3.8) is 0 Å². The molecule has 0 amide bonds. The van der Waals surface area contributed by atoms with Crippen LogP contribution in [0.3, 0.4) is 0 Å². The number of aliphatic hydroxyl groups is 1. The highest BCUT2D eigenvalue weighted by atomic mass is 16.6. The molecule has 0 saturated carbocycles. The molecule has 0 fully saturated rings. The second-order valence-corrected chi connectivity index (χ2v) is 7.30. The van der Waals surface area contributed by atoms with Crippen LogP contribution >= 0.6 is 0 Å². The number of amidine groups is 1. The number of anilines is 1. The largest absolute Gasteiger partial charge is 0.497 e. The molecular formula is C21H24N3O4+. The normalized spacial score (nSPS) is 22.0. The number of rotatable bonds is 4. The summed E-state index contributed by atoms with van der Waals surface area (Å²) >= 11 is 0. The van der Waals surface area contributed by atoms with E-state index in [1.165, 1.54) is 18.6 Å². The number of methoxy groups -OCH3 is 1. The smallest absolute Gasteiger partial charge is 0.275 e. The predicted molar refractivity (Wildman–Crippen MR) is 106 cm³/mol. The van der Waals surface area contributed by atoms with Crippen LogP contribution in [0.25, 0.3) is 0 Å². The zero-order valence-corrected chi connectivity index (χ0v) is 15.9. The van der Waals surface area contributed by atoms with Gasteiger partial charge in [0, 0.05) is 24.1 Å². The van der Waals surface area contributed by atoms with Crippen LogP contribution in [0.2, 0.25) is 0 Å². The van der Waals surface area contributed by atoms with E-state index in [9.17, 15) is 15.2 Å². The number of hydrogen-bond acceptors (Lipinski definition) is 5. The molecule has 2 aliphatic heterocycles. The summed E-state index contributed by atoms with van der Waals surface area (Å²) in [7, 11) is 1.62. The molecule has 2 aromatic rings. The Morgan fingerprint density at radius 2 is 1.82 bits per heavy atom. The molecule has 1 N–H and O–H groups in total. The first-order valence-corrected chi connectivity index (χ1v) is 9.55. The standard InChI is InChI=1S/C21H24N3O4/c1-28-19-12-10-17(11-13-19)23-20-5-3-2-4-14-22(20)15-21(23,25)16-6-8-18(9-7-16)24(26)27/h6-13,25H,2-5,14-15H2,1H3/q+1/t21-/m0/s1. The quantitative estimate of drug-likeness (QED) is 0.499. The zero-order valence-electron chi connectivity index (χ0n) is 15.9. The fraction of sp³-hybridized carbons (Fsp3) is 0.381. The Morgan fingerprint density at radius 3 is 2.46 bits per heavy atom. The maximum Gasteiger partial charge on any atom is 0.275 e. The van der Waals surface area contributed by atoms with Gasteiger partial charge in [0.05, 0.1) is 18.6 Å². The van der Waals surface area contributed by atoms with Gasteiger partial charge in [0.1, 0.15) is 11.4 Å². The monoisotopic (exact) mass is 382 g/mol. The lowest BCUT2D eigenvalue weighted by Crippen LogP contribution is -2.47. The van der Waals surface area contributed by atoms with Crippen LogP contribution in [0.15, 0.2) is 48.5 Å². The Kier molecular flexibility index (Phi) is 4.77. The van der Waals surface area contributed by atoms with Gasteiger partial charge in [-0.1, -0.05) is 0 Å². The van der Waals surface area contributed by atoms with Crippen LogP contribution in [0.4, 0.5) is 11.4 Å². The number of non-ortho nitro benzene ring substituents is 1. The first-order valence-electron chi connectivity index (χ1n) is 9.55. The highest BCUT2D eigenvalue weighted by Crippen LogP contribution is 2.38. The minimum Gasteiger partial charge on any atom is -0.497 e.